The van der Waals surface area contributed by atoms with E-state index in [0.29, 0.717) is 13.1 Å². The largest absolute Gasteiger partial charge is 0.328 e. The average Bonchev–Trinajstić information content (AvgIpc) is 2.71. The van der Waals surface area contributed by atoms with Crippen LogP contribution in [0.4, 0.5) is 0 Å². The van der Waals surface area contributed by atoms with Crippen molar-refractivity contribution in [2.75, 3.05) is 0 Å². The maximum Gasteiger partial charge on any atom is 0.328 e. The minimum atomic E-state index is -0.0600. The first-order valence-corrected chi connectivity index (χ1v) is 6.48. The van der Waals surface area contributed by atoms with E-state index in [1.807, 2.05) is 30.3 Å². The highest BCUT2D eigenvalue weighted by Crippen LogP contribution is 2.11. The van der Waals surface area contributed by atoms with Gasteiger partial charge in [0.1, 0.15) is 0 Å². The van der Waals surface area contributed by atoms with Crippen molar-refractivity contribution in [1.29, 1.82) is 0 Å². The van der Waals surface area contributed by atoms with Gasteiger partial charge in [-0.15, -0.1) is 0 Å². The highest BCUT2D eigenvalue weighted by atomic mass is 16.1. The molecule has 0 fully saturated rings. The molecule has 5 heteroatoms. The van der Waals surface area contributed by atoms with Gasteiger partial charge < -0.3 is 4.57 Å². The quantitative estimate of drug-likeness (QED) is 0.717. The molecular weight excluding hydrogens is 254 g/mol. The Balaban J connectivity index is 2.00. The normalized spacial score (nSPS) is 11.1. The lowest BCUT2D eigenvalue weighted by Crippen LogP contribution is -2.26. The minimum absolute atomic E-state index is 0.0548. The fourth-order valence-corrected chi connectivity index (χ4v) is 2.43. The second-order valence-corrected chi connectivity index (χ2v) is 4.71. The summed E-state index contributed by atoms with van der Waals surface area (Å²) < 4.78 is 4.94. The summed E-state index contributed by atoms with van der Waals surface area (Å²) in [6.07, 6.45) is 1.73. The van der Waals surface area contributed by atoms with Gasteiger partial charge in [0, 0.05) is 32.4 Å². The number of nitrogens with zero attached hydrogens (tertiary/aromatic N) is 3. The molecule has 0 spiro atoms. The van der Waals surface area contributed by atoms with Crippen LogP contribution in [0.3, 0.4) is 0 Å². The van der Waals surface area contributed by atoms with Crippen LogP contribution in [-0.4, -0.2) is 13.7 Å². The molecule has 0 amide bonds. The average molecular weight is 269 g/mol. The lowest BCUT2D eigenvalue weighted by Gasteiger charge is -2.06. The third-order valence-electron chi connectivity index (χ3n) is 3.52. The lowest BCUT2D eigenvalue weighted by molar-refractivity contribution is 0.556. The maximum atomic E-state index is 12.2. The molecule has 3 rings (SSSR count). The minimum Gasteiger partial charge on any atom is -0.314 e. The summed E-state index contributed by atoms with van der Waals surface area (Å²) in [6.45, 7) is 0.956. The van der Waals surface area contributed by atoms with Crippen LogP contribution in [0.2, 0.25) is 0 Å². The van der Waals surface area contributed by atoms with Gasteiger partial charge in [-0.3, -0.25) is 13.9 Å². The molecule has 20 heavy (non-hydrogen) atoms. The van der Waals surface area contributed by atoms with Gasteiger partial charge in [0.05, 0.1) is 11.0 Å². The summed E-state index contributed by atoms with van der Waals surface area (Å²) in [7, 11) is 1.76. The second kappa shape index (κ2) is 4.85. The molecule has 0 saturated carbocycles. The molecular formula is C15H15N3O2. The van der Waals surface area contributed by atoms with Crippen LogP contribution in [0.5, 0.6) is 0 Å². The third kappa shape index (κ3) is 1.97. The molecule has 0 saturated heterocycles. The fourth-order valence-electron chi connectivity index (χ4n) is 2.43. The molecule has 0 aliphatic rings. The molecule has 2 heterocycles. The van der Waals surface area contributed by atoms with E-state index in [1.54, 1.807) is 33.0 Å². The van der Waals surface area contributed by atoms with Gasteiger partial charge in [0.25, 0.3) is 5.56 Å². The Morgan fingerprint density at radius 1 is 0.900 bits per heavy atom. The number of imidazole rings is 1. The van der Waals surface area contributed by atoms with Gasteiger partial charge in [-0.2, -0.15) is 0 Å². The maximum absolute atomic E-state index is 12.2. The molecule has 0 radical (unpaired) electrons. The zero-order valence-electron chi connectivity index (χ0n) is 11.2. The lowest BCUT2D eigenvalue weighted by atomic mass is 10.3. The van der Waals surface area contributed by atoms with E-state index >= 15 is 0 Å². The van der Waals surface area contributed by atoms with Crippen molar-refractivity contribution in [3.05, 3.63) is 69.5 Å². The van der Waals surface area contributed by atoms with E-state index in [9.17, 15) is 9.59 Å². The Kier molecular flexibility index (Phi) is 3.02. The number of hydrogen-bond acceptors (Lipinski definition) is 2. The Bertz CT molecular complexity index is 870. The van der Waals surface area contributed by atoms with E-state index in [-0.39, 0.29) is 11.2 Å². The van der Waals surface area contributed by atoms with Gasteiger partial charge in [0.15, 0.2) is 0 Å². The predicted octanol–water partition coefficient (Wildman–Crippen LogP) is 1.20. The molecule has 0 aliphatic carbocycles. The molecule has 5 nitrogen and oxygen atoms in total. The van der Waals surface area contributed by atoms with Crippen LogP contribution in [0.1, 0.15) is 0 Å². The summed E-state index contributed by atoms with van der Waals surface area (Å²) in [6, 6.07) is 12.7. The zero-order chi connectivity index (χ0) is 14.1. The van der Waals surface area contributed by atoms with Crippen molar-refractivity contribution in [3.8, 4) is 0 Å². The number of pyridine rings is 1. The molecule has 3 aromatic rings. The molecule has 0 atom stereocenters. The van der Waals surface area contributed by atoms with E-state index in [0.717, 1.165) is 11.0 Å². The second-order valence-electron chi connectivity index (χ2n) is 4.71. The van der Waals surface area contributed by atoms with Crippen molar-refractivity contribution < 1.29 is 0 Å². The van der Waals surface area contributed by atoms with E-state index in [1.165, 1.54) is 6.07 Å². The predicted molar refractivity (Wildman–Crippen MR) is 77.9 cm³/mol. The first-order valence-electron chi connectivity index (χ1n) is 6.48. The van der Waals surface area contributed by atoms with E-state index in [2.05, 4.69) is 0 Å². The van der Waals surface area contributed by atoms with Crippen molar-refractivity contribution in [3.63, 3.8) is 0 Å². The number of aromatic nitrogens is 3. The summed E-state index contributed by atoms with van der Waals surface area (Å²) in [5.41, 5.74) is 1.68. The van der Waals surface area contributed by atoms with Crippen LogP contribution >= 0.6 is 0 Å². The molecule has 0 bridgehead atoms. The van der Waals surface area contributed by atoms with Gasteiger partial charge >= 0.3 is 5.69 Å². The van der Waals surface area contributed by atoms with Crippen molar-refractivity contribution >= 4 is 11.0 Å². The summed E-state index contributed by atoms with van der Waals surface area (Å²) in [5.74, 6) is 0. The van der Waals surface area contributed by atoms with Crippen molar-refractivity contribution in [1.82, 2.24) is 13.7 Å². The van der Waals surface area contributed by atoms with Crippen molar-refractivity contribution in [2.24, 2.45) is 7.05 Å². The van der Waals surface area contributed by atoms with Crippen LogP contribution in [0.25, 0.3) is 11.0 Å². The molecule has 0 unspecified atom stereocenters. The SMILES string of the molecule is Cn1c(=O)n(CCn2ccccc2=O)c2ccccc21. The van der Waals surface area contributed by atoms with E-state index < -0.39 is 0 Å². The third-order valence-corrected chi connectivity index (χ3v) is 3.52. The van der Waals surface area contributed by atoms with Gasteiger partial charge in [-0.25, -0.2) is 4.79 Å². The Hall–Kier alpha value is -2.56. The van der Waals surface area contributed by atoms with Gasteiger partial charge in [-0.05, 0) is 18.2 Å². The van der Waals surface area contributed by atoms with Gasteiger partial charge in [-0.1, -0.05) is 18.2 Å². The summed E-state index contributed by atoms with van der Waals surface area (Å²) in [5, 5.41) is 0. The highest BCUT2D eigenvalue weighted by Gasteiger charge is 2.09. The zero-order valence-corrected chi connectivity index (χ0v) is 11.2. The first kappa shape index (κ1) is 12.5. The fraction of sp³-hybridized carbons (Fsp3) is 0.200. The molecule has 2 aromatic heterocycles. The van der Waals surface area contributed by atoms with Crippen molar-refractivity contribution in [2.45, 2.75) is 13.1 Å². The topological polar surface area (TPSA) is 48.9 Å². The first-order chi connectivity index (χ1) is 9.68. The Morgan fingerprint density at radius 2 is 1.60 bits per heavy atom. The Labute approximate surface area is 115 Å². The van der Waals surface area contributed by atoms with Crippen LogP contribution in [0.15, 0.2) is 58.3 Å². The number of benzene rings is 1. The molecule has 0 N–H and O–H groups in total. The number of aryl methyl sites for hydroxylation is 3. The highest BCUT2D eigenvalue weighted by molar-refractivity contribution is 5.75. The summed E-state index contributed by atoms with van der Waals surface area (Å²) >= 11 is 0. The Morgan fingerprint density at radius 3 is 2.35 bits per heavy atom. The molecule has 0 aliphatic heterocycles. The summed E-state index contributed by atoms with van der Waals surface area (Å²) in [4.78, 5) is 23.9. The van der Waals surface area contributed by atoms with Crippen LogP contribution < -0.4 is 11.2 Å². The van der Waals surface area contributed by atoms with Crippen LogP contribution in [-0.2, 0) is 20.1 Å². The van der Waals surface area contributed by atoms with E-state index in [4.69, 9.17) is 0 Å². The monoisotopic (exact) mass is 269 g/mol. The van der Waals surface area contributed by atoms with Crippen LogP contribution in [0, 0.1) is 0 Å². The molecule has 102 valence electrons. The van der Waals surface area contributed by atoms with Gasteiger partial charge in [0.2, 0.25) is 0 Å². The molecule has 1 aromatic carbocycles. The number of rotatable bonds is 3. The standard InChI is InChI=1S/C15H15N3O2/c1-16-12-6-2-3-7-13(12)18(15(16)20)11-10-17-9-5-4-8-14(17)19/h2-9H,10-11H2,1H3. The number of fused-ring (bicyclic) bond motifs is 1. The number of para-hydroxylation sites is 2. The smallest absolute Gasteiger partial charge is 0.314 e. The number of hydrogen-bond donors (Lipinski definition) is 0.